The molecule has 2 aromatic rings. The quantitative estimate of drug-likeness (QED) is 0.816. The van der Waals surface area contributed by atoms with Crippen LogP contribution in [0.5, 0.6) is 0 Å². The first-order chi connectivity index (χ1) is 9.43. The Morgan fingerprint density at radius 3 is 3.21 bits per heavy atom. The van der Waals surface area contributed by atoms with Crippen LogP contribution in [0.4, 0.5) is 5.82 Å². The smallest absolute Gasteiger partial charge is 0.142 e. The monoisotopic (exact) mass is 257 g/mol. The third-order valence-corrected chi connectivity index (χ3v) is 4.48. The van der Waals surface area contributed by atoms with Crippen LogP contribution in [-0.4, -0.2) is 40.1 Å². The van der Waals surface area contributed by atoms with Crippen LogP contribution in [-0.2, 0) is 0 Å². The van der Waals surface area contributed by atoms with E-state index in [-0.39, 0.29) is 0 Å². The summed E-state index contributed by atoms with van der Waals surface area (Å²) in [6.45, 7) is 2.24. The summed E-state index contributed by atoms with van der Waals surface area (Å²) < 4.78 is 0. The first-order valence-electron chi connectivity index (χ1n) is 7.21. The second-order valence-corrected chi connectivity index (χ2v) is 5.54. The van der Waals surface area contributed by atoms with Gasteiger partial charge in [0.1, 0.15) is 17.8 Å². The number of aromatic amines is 1. The molecular weight excluding hydrogens is 238 g/mol. The molecule has 100 valence electrons. The largest absolute Gasteiger partial charge is 0.351 e. The molecule has 2 aliphatic rings. The van der Waals surface area contributed by atoms with Crippen LogP contribution in [0.2, 0.25) is 0 Å². The van der Waals surface area contributed by atoms with Crippen LogP contribution < -0.4 is 10.2 Å². The minimum Gasteiger partial charge on any atom is -0.351 e. The maximum Gasteiger partial charge on any atom is 0.142 e. The summed E-state index contributed by atoms with van der Waals surface area (Å²) in [6.07, 6.45) is 8.71. The van der Waals surface area contributed by atoms with Gasteiger partial charge in [0.15, 0.2) is 0 Å². The standard InChI is InChI=1S/C14H19N5/c1-2-8-19(12-5-7-15-11(12)3-1)14-10-4-6-16-13(10)17-9-18-14/h4,6,9,11-12,15H,1-3,5,7-8H2,(H,16,17,18)/t11-,12-/m1/s1. The van der Waals surface area contributed by atoms with Crippen LogP contribution in [0.25, 0.3) is 11.0 Å². The van der Waals surface area contributed by atoms with Crippen molar-refractivity contribution in [2.24, 2.45) is 0 Å². The summed E-state index contributed by atoms with van der Waals surface area (Å²) in [5, 5.41) is 4.80. The van der Waals surface area contributed by atoms with Crippen LogP contribution >= 0.6 is 0 Å². The lowest BCUT2D eigenvalue weighted by atomic mass is 10.0. The van der Waals surface area contributed by atoms with Gasteiger partial charge in [0, 0.05) is 24.8 Å². The van der Waals surface area contributed by atoms with E-state index in [0.717, 1.165) is 29.9 Å². The molecule has 2 saturated heterocycles. The lowest BCUT2D eigenvalue weighted by Crippen LogP contribution is -2.43. The molecule has 19 heavy (non-hydrogen) atoms. The van der Waals surface area contributed by atoms with E-state index in [4.69, 9.17) is 0 Å². The Morgan fingerprint density at radius 2 is 2.21 bits per heavy atom. The Balaban J connectivity index is 1.78. The molecule has 2 aromatic heterocycles. The van der Waals surface area contributed by atoms with Crippen LogP contribution in [0.15, 0.2) is 18.6 Å². The maximum atomic E-state index is 4.57. The number of nitrogens with one attached hydrogen (secondary N) is 2. The van der Waals surface area contributed by atoms with Crippen LogP contribution in [0, 0.1) is 0 Å². The zero-order chi connectivity index (χ0) is 12.7. The van der Waals surface area contributed by atoms with Crippen molar-refractivity contribution in [3.8, 4) is 0 Å². The predicted octanol–water partition coefficient (Wildman–Crippen LogP) is 1.68. The molecule has 4 rings (SSSR count). The van der Waals surface area contributed by atoms with Gasteiger partial charge in [0.25, 0.3) is 0 Å². The van der Waals surface area contributed by atoms with E-state index in [1.54, 1.807) is 6.33 Å². The van der Waals surface area contributed by atoms with Crippen LogP contribution in [0.1, 0.15) is 25.7 Å². The summed E-state index contributed by atoms with van der Waals surface area (Å²) in [5.74, 6) is 1.10. The van der Waals surface area contributed by atoms with Crippen molar-refractivity contribution in [2.45, 2.75) is 37.8 Å². The van der Waals surface area contributed by atoms with Crippen LogP contribution in [0.3, 0.4) is 0 Å². The molecule has 0 spiro atoms. The highest BCUT2D eigenvalue weighted by Crippen LogP contribution is 2.31. The molecule has 0 aliphatic carbocycles. The van der Waals surface area contributed by atoms with Crippen molar-refractivity contribution in [2.75, 3.05) is 18.0 Å². The van der Waals surface area contributed by atoms with Gasteiger partial charge < -0.3 is 15.2 Å². The summed E-state index contributed by atoms with van der Waals surface area (Å²) >= 11 is 0. The van der Waals surface area contributed by atoms with E-state index in [1.165, 1.54) is 25.7 Å². The van der Waals surface area contributed by atoms with E-state index >= 15 is 0 Å². The Hall–Kier alpha value is -1.62. The van der Waals surface area contributed by atoms with Crippen molar-refractivity contribution in [1.82, 2.24) is 20.3 Å². The van der Waals surface area contributed by atoms with Gasteiger partial charge in [0.2, 0.25) is 0 Å². The molecule has 0 amide bonds. The van der Waals surface area contributed by atoms with E-state index in [2.05, 4.69) is 31.2 Å². The first-order valence-corrected chi connectivity index (χ1v) is 7.21. The number of aromatic nitrogens is 3. The number of anilines is 1. The third-order valence-electron chi connectivity index (χ3n) is 4.48. The summed E-state index contributed by atoms with van der Waals surface area (Å²) in [7, 11) is 0. The third kappa shape index (κ3) is 1.80. The number of nitrogens with zero attached hydrogens (tertiary/aromatic N) is 3. The van der Waals surface area contributed by atoms with Crippen molar-refractivity contribution in [1.29, 1.82) is 0 Å². The van der Waals surface area contributed by atoms with Crippen molar-refractivity contribution >= 4 is 16.9 Å². The van der Waals surface area contributed by atoms with Gasteiger partial charge in [0.05, 0.1) is 5.39 Å². The van der Waals surface area contributed by atoms with Gasteiger partial charge in [-0.05, 0) is 31.9 Å². The maximum absolute atomic E-state index is 4.57. The van der Waals surface area contributed by atoms with Gasteiger partial charge in [-0.1, -0.05) is 6.42 Å². The Bertz CT molecular complexity index is 578. The predicted molar refractivity (Wildman–Crippen MR) is 75.3 cm³/mol. The van der Waals surface area contributed by atoms with Gasteiger partial charge in [-0.25, -0.2) is 9.97 Å². The fraction of sp³-hybridized carbons (Fsp3) is 0.571. The van der Waals surface area contributed by atoms with E-state index in [1.807, 2.05) is 6.20 Å². The summed E-state index contributed by atoms with van der Waals surface area (Å²) in [5.41, 5.74) is 0.941. The minimum atomic E-state index is 0.593. The molecule has 5 heteroatoms. The first kappa shape index (κ1) is 11.2. The highest BCUT2D eigenvalue weighted by Gasteiger charge is 2.34. The van der Waals surface area contributed by atoms with Gasteiger partial charge in [-0.3, -0.25) is 0 Å². The van der Waals surface area contributed by atoms with E-state index in [9.17, 15) is 0 Å². The average molecular weight is 257 g/mol. The number of fused-ring (bicyclic) bond motifs is 2. The zero-order valence-electron chi connectivity index (χ0n) is 11.0. The average Bonchev–Trinajstić information content (AvgIpc) is 3.04. The molecule has 0 unspecified atom stereocenters. The SMILES string of the molecule is c1nc(N2CCCC[C@H]3NCC[C@H]32)c2cc[nH]c2n1. The molecule has 0 bridgehead atoms. The second-order valence-electron chi connectivity index (χ2n) is 5.54. The van der Waals surface area contributed by atoms with E-state index < -0.39 is 0 Å². The topological polar surface area (TPSA) is 56.8 Å². The lowest BCUT2D eigenvalue weighted by molar-refractivity contribution is 0.504. The van der Waals surface area contributed by atoms with Gasteiger partial charge in [-0.2, -0.15) is 0 Å². The number of H-pyrrole nitrogens is 1. The number of rotatable bonds is 1. The molecule has 2 fully saturated rings. The Morgan fingerprint density at radius 1 is 1.21 bits per heavy atom. The molecule has 0 saturated carbocycles. The van der Waals surface area contributed by atoms with Gasteiger partial charge in [-0.15, -0.1) is 0 Å². The Kier molecular flexibility index (Phi) is 2.65. The van der Waals surface area contributed by atoms with E-state index in [0.29, 0.717) is 12.1 Å². The fourth-order valence-electron chi connectivity index (χ4n) is 3.58. The van der Waals surface area contributed by atoms with Crippen molar-refractivity contribution < 1.29 is 0 Å². The summed E-state index contributed by atoms with van der Waals surface area (Å²) in [4.78, 5) is 14.6. The second kappa shape index (κ2) is 4.49. The molecule has 2 N–H and O–H groups in total. The minimum absolute atomic E-state index is 0.593. The zero-order valence-corrected chi connectivity index (χ0v) is 11.0. The Labute approximate surface area is 112 Å². The molecule has 5 nitrogen and oxygen atoms in total. The van der Waals surface area contributed by atoms with Gasteiger partial charge >= 0.3 is 0 Å². The fourth-order valence-corrected chi connectivity index (χ4v) is 3.58. The molecule has 0 aromatic carbocycles. The lowest BCUT2D eigenvalue weighted by Gasteiger charge is -2.31. The molecule has 2 atom stereocenters. The van der Waals surface area contributed by atoms with Crippen molar-refractivity contribution in [3.05, 3.63) is 18.6 Å². The molecule has 4 heterocycles. The molecule has 2 aliphatic heterocycles. The number of hydrogen-bond acceptors (Lipinski definition) is 4. The van der Waals surface area contributed by atoms with Crippen molar-refractivity contribution in [3.63, 3.8) is 0 Å². The normalized spacial score (nSPS) is 27.5. The number of hydrogen-bond donors (Lipinski definition) is 2. The highest BCUT2D eigenvalue weighted by molar-refractivity contribution is 5.87. The highest BCUT2D eigenvalue weighted by atomic mass is 15.3. The molecule has 0 radical (unpaired) electrons. The summed E-state index contributed by atoms with van der Waals surface area (Å²) in [6, 6.07) is 3.31. The molecular formula is C14H19N5.